The van der Waals surface area contributed by atoms with Gasteiger partial charge in [-0.2, -0.15) is 0 Å². The number of amides is 1. The summed E-state index contributed by atoms with van der Waals surface area (Å²) in [5, 5.41) is 9.41. The van der Waals surface area contributed by atoms with E-state index in [1.54, 1.807) is 0 Å². The van der Waals surface area contributed by atoms with Crippen LogP contribution in [0.4, 0.5) is 9.18 Å². The molecule has 130 valence electrons. The molecule has 0 saturated heterocycles. The van der Waals surface area contributed by atoms with Crippen LogP contribution in [0.25, 0.3) is 10.2 Å². The average Bonchev–Trinajstić information content (AvgIpc) is 2.86. The molecular weight excluding hydrogens is 403 g/mol. The maximum atomic E-state index is 14.1. The molecule has 1 amide bonds. The van der Waals surface area contributed by atoms with Crippen LogP contribution in [0.1, 0.15) is 20.8 Å². The van der Waals surface area contributed by atoms with Gasteiger partial charge in [0.25, 0.3) is 0 Å². The van der Waals surface area contributed by atoms with Crippen molar-refractivity contribution in [2.75, 3.05) is 13.2 Å². The molecule has 9 heteroatoms. The number of nitrogens with zero attached hydrogens (tertiary/aromatic N) is 2. The van der Waals surface area contributed by atoms with Crippen molar-refractivity contribution in [2.45, 2.75) is 32.4 Å². The molecule has 1 aliphatic heterocycles. The van der Waals surface area contributed by atoms with Crippen molar-refractivity contribution in [1.29, 1.82) is 0 Å². The number of thiazole rings is 1. The third kappa shape index (κ3) is 3.14. The molecule has 0 bridgehead atoms. The van der Waals surface area contributed by atoms with Crippen LogP contribution in [-0.2, 0) is 0 Å². The summed E-state index contributed by atoms with van der Waals surface area (Å²) in [5.41, 5.74) is -0.359. The predicted octanol–water partition coefficient (Wildman–Crippen LogP) is 4.12. The summed E-state index contributed by atoms with van der Waals surface area (Å²) in [6.07, 6.45) is -1.51. The molecule has 0 saturated carbocycles. The lowest BCUT2D eigenvalue weighted by Gasteiger charge is -2.37. The lowest BCUT2D eigenvalue weighted by molar-refractivity contribution is 0.0323. The molecule has 0 fully saturated rings. The van der Waals surface area contributed by atoms with Crippen molar-refractivity contribution in [2.24, 2.45) is 0 Å². The van der Waals surface area contributed by atoms with Gasteiger partial charge < -0.3 is 14.6 Å². The fraction of sp³-hybridized carbons (Fsp3) is 0.467. The predicted molar refractivity (Wildman–Crippen MR) is 91.7 cm³/mol. The Morgan fingerprint density at radius 1 is 1.58 bits per heavy atom. The normalized spacial score (nSPS) is 17.1. The van der Waals surface area contributed by atoms with E-state index >= 15 is 0 Å². The van der Waals surface area contributed by atoms with E-state index in [2.05, 4.69) is 20.9 Å². The zero-order valence-corrected chi connectivity index (χ0v) is 15.7. The molecule has 2 heterocycles. The Labute approximate surface area is 150 Å². The van der Waals surface area contributed by atoms with Gasteiger partial charge in [-0.25, -0.2) is 14.2 Å². The van der Waals surface area contributed by atoms with Crippen molar-refractivity contribution >= 4 is 43.6 Å². The van der Waals surface area contributed by atoms with Gasteiger partial charge in [-0.05, 0) is 36.7 Å². The van der Waals surface area contributed by atoms with Gasteiger partial charge in [0.1, 0.15) is 16.8 Å². The smallest absolute Gasteiger partial charge is 0.407 e. The van der Waals surface area contributed by atoms with Crippen molar-refractivity contribution in [3.63, 3.8) is 0 Å². The summed E-state index contributed by atoms with van der Waals surface area (Å²) in [4.78, 5) is 16.9. The van der Waals surface area contributed by atoms with Gasteiger partial charge in [0.2, 0.25) is 0 Å². The number of carbonyl (C=O) groups is 1. The topological polar surface area (TPSA) is 71.9 Å². The first-order chi connectivity index (χ1) is 11.2. The molecule has 1 atom stereocenters. The van der Waals surface area contributed by atoms with Crippen LogP contribution in [0.2, 0.25) is 0 Å². The fourth-order valence-electron chi connectivity index (χ4n) is 2.51. The highest BCUT2D eigenvalue weighted by Gasteiger charge is 2.33. The van der Waals surface area contributed by atoms with Gasteiger partial charge in [0, 0.05) is 11.6 Å². The van der Waals surface area contributed by atoms with Crippen LogP contribution < -0.4 is 9.47 Å². The zero-order chi connectivity index (χ0) is 17.6. The van der Waals surface area contributed by atoms with E-state index in [1.807, 2.05) is 20.8 Å². The molecule has 0 aliphatic carbocycles. The molecule has 1 aromatic heterocycles. The van der Waals surface area contributed by atoms with Gasteiger partial charge in [-0.1, -0.05) is 0 Å². The molecule has 1 N–H and O–H groups in total. The van der Waals surface area contributed by atoms with E-state index < -0.39 is 23.6 Å². The summed E-state index contributed by atoms with van der Waals surface area (Å²) in [6.45, 7) is 5.74. The van der Waals surface area contributed by atoms with Crippen molar-refractivity contribution in [1.82, 2.24) is 9.88 Å². The van der Waals surface area contributed by atoms with Gasteiger partial charge in [0.15, 0.2) is 27.3 Å². The molecule has 0 radical (unpaired) electrons. The SMILES string of the molecule is CC(C)(C)N(CC1COc2cc(F)c3nc(Br)sc3c2O1)C(=O)O. The molecule has 6 nitrogen and oxygen atoms in total. The van der Waals surface area contributed by atoms with E-state index in [4.69, 9.17) is 9.47 Å². The van der Waals surface area contributed by atoms with Crippen molar-refractivity contribution in [3.05, 3.63) is 15.8 Å². The zero-order valence-electron chi connectivity index (χ0n) is 13.3. The van der Waals surface area contributed by atoms with Crippen LogP contribution >= 0.6 is 27.3 Å². The van der Waals surface area contributed by atoms with E-state index in [9.17, 15) is 14.3 Å². The Morgan fingerprint density at radius 3 is 2.92 bits per heavy atom. The van der Waals surface area contributed by atoms with Gasteiger partial charge in [-0.15, -0.1) is 11.3 Å². The van der Waals surface area contributed by atoms with Gasteiger partial charge in [0.05, 0.1) is 6.54 Å². The standard InChI is InChI=1S/C15H16BrFN2O4S/c1-15(2,3)19(14(20)21)5-7-6-22-9-4-8(17)10-12(11(9)23-7)24-13(16)18-10/h4,7H,5-6H2,1-3H3,(H,20,21). The second-order valence-corrected chi connectivity index (χ2v) is 8.72. The Kier molecular flexibility index (Phi) is 4.33. The quantitative estimate of drug-likeness (QED) is 0.793. The first-order valence-corrected chi connectivity index (χ1v) is 8.86. The minimum Gasteiger partial charge on any atom is -0.486 e. The molecule has 2 aromatic rings. The summed E-state index contributed by atoms with van der Waals surface area (Å²) in [5.74, 6) is 0.240. The second kappa shape index (κ2) is 6.03. The Bertz CT molecular complexity index is 805. The summed E-state index contributed by atoms with van der Waals surface area (Å²) >= 11 is 4.49. The number of hydrogen-bond acceptors (Lipinski definition) is 5. The van der Waals surface area contributed by atoms with Crippen molar-refractivity contribution in [3.8, 4) is 11.5 Å². The maximum absolute atomic E-state index is 14.1. The lowest BCUT2D eigenvalue weighted by atomic mass is 10.1. The number of carboxylic acid groups (broad SMARTS) is 1. The molecule has 1 aliphatic rings. The molecule has 1 unspecified atom stereocenters. The largest absolute Gasteiger partial charge is 0.486 e. The highest BCUT2D eigenvalue weighted by atomic mass is 79.9. The van der Waals surface area contributed by atoms with E-state index in [0.29, 0.717) is 20.1 Å². The lowest BCUT2D eigenvalue weighted by Crippen LogP contribution is -2.51. The summed E-state index contributed by atoms with van der Waals surface area (Å²) in [7, 11) is 0. The number of benzene rings is 1. The number of hydrogen-bond donors (Lipinski definition) is 1. The van der Waals surface area contributed by atoms with Crippen LogP contribution in [-0.4, -0.2) is 45.9 Å². The summed E-state index contributed by atoms with van der Waals surface area (Å²) < 4.78 is 26.7. The van der Waals surface area contributed by atoms with Crippen LogP contribution in [0.15, 0.2) is 9.98 Å². The average molecular weight is 419 g/mol. The minimum absolute atomic E-state index is 0.150. The van der Waals surface area contributed by atoms with Gasteiger partial charge in [-0.3, -0.25) is 4.90 Å². The highest BCUT2D eigenvalue weighted by molar-refractivity contribution is 9.11. The summed E-state index contributed by atoms with van der Waals surface area (Å²) in [6, 6.07) is 1.25. The first-order valence-electron chi connectivity index (χ1n) is 7.25. The van der Waals surface area contributed by atoms with Crippen molar-refractivity contribution < 1.29 is 23.8 Å². The molecule has 1 aromatic carbocycles. The van der Waals surface area contributed by atoms with E-state index in [0.717, 1.165) is 0 Å². The number of ether oxygens (including phenoxy) is 2. The monoisotopic (exact) mass is 418 g/mol. The molecular formula is C15H16BrFN2O4S. The molecule has 0 spiro atoms. The third-order valence-electron chi connectivity index (χ3n) is 3.65. The molecule has 3 rings (SSSR count). The van der Waals surface area contributed by atoms with Crippen LogP contribution in [0.3, 0.4) is 0 Å². The fourth-order valence-corrected chi connectivity index (χ4v) is 3.95. The Morgan fingerprint density at radius 2 is 2.29 bits per heavy atom. The molecule has 24 heavy (non-hydrogen) atoms. The van der Waals surface area contributed by atoms with Crippen LogP contribution in [0, 0.1) is 5.82 Å². The Hall–Kier alpha value is -1.61. The van der Waals surface area contributed by atoms with Gasteiger partial charge >= 0.3 is 6.09 Å². The van der Waals surface area contributed by atoms with E-state index in [1.165, 1.54) is 22.3 Å². The highest BCUT2D eigenvalue weighted by Crippen LogP contribution is 2.44. The number of rotatable bonds is 2. The first kappa shape index (κ1) is 17.2. The van der Waals surface area contributed by atoms with E-state index in [-0.39, 0.29) is 18.7 Å². The number of aromatic nitrogens is 1. The number of fused-ring (bicyclic) bond motifs is 3. The number of halogens is 2. The third-order valence-corrected chi connectivity index (χ3v) is 5.16. The van der Waals surface area contributed by atoms with Crippen LogP contribution in [0.5, 0.6) is 11.5 Å². The maximum Gasteiger partial charge on any atom is 0.407 e. The Balaban J connectivity index is 1.91. The minimum atomic E-state index is -1.03. The second-order valence-electron chi connectivity index (χ2n) is 6.45.